The van der Waals surface area contributed by atoms with Gasteiger partial charge in [0, 0.05) is 35.0 Å². The number of pyridine rings is 1. The lowest BCUT2D eigenvalue weighted by Crippen LogP contribution is -2.36. The van der Waals surface area contributed by atoms with Crippen molar-refractivity contribution in [2.75, 3.05) is 0 Å². The molecule has 0 fully saturated rings. The van der Waals surface area contributed by atoms with Crippen LogP contribution in [0.4, 0.5) is 0 Å². The van der Waals surface area contributed by atoms with Gasteiger partial charge in [-0.1, -0.05) is 66.7 Å². The van der Waals surface area contributed by atoms with E-state index in [1.54, 1.807) is 6.20 Å². The molecule has 1 N–H and O–H groups in total. The second-order valence-electron chi connectivity index (χ2n) is 8.74. The maximum absolute atomic E-state index is 12.8. The summed E-state index contributed by atoms with van der Waals surface area (Å²) in [4.78, 5) is 17.2. The van der Waals surface area contributed by atoms with Crippen molar-refractivity contribution in [3.8, 4) is 0 Å². The van der Waals surface area contributed by atoms with E-state index >= 15 is 0 Å². The van der Waals surface area contributed by atoms with E-state index in [-0.39, 0.29) is 17.7 Å². The lowest BCUT2D eigenvalue weighted by molar-refractivity contribution is 0.0954. The Morgan fingerprint density at radius 3 is 2.25 bits per heavy atom. The van der Waals surface area contributed by atoms with E-state index in [2.05, 4.69) is 64.0 Å². The summed E-state index contributed by atoms with van der Waals surface area (Å²) in [6, 6.07) is 27.2. The number of nitrogens with one attached hydrogen (secondary N) is 1. The molecule has 3 aliphatic carbocycles. The molecule has 1 aromatic heterocycles. The Kier molecular flexibility index (Phi) is 4.39. The maximum Gasteiger partial charge on any atom is 0.272 e. The first-order valence-corrected chi connectivity index (χ1v) is 11.1. The standard InChI is InChI=1S/C28H23N3O/c1-17(30-31-28(32)19-14-18-8-2-7-13-26(18)29-16-19)24-15-25-20-9-3-5-11-22(20)27(24)23-12-6-4-10-21(23)25/h2-14,16,24-25,27H,15H2,1H3,(H,31,32)/b30-17-/t24-,25?,27?/m0/s1. The van der Waals surface area contributed by atoms with E-state index in [4.69, 9.17) is 0 Å². The Morgan fingerprint density at radius 2 is 1.53 bits per heavy atom. The zero-order chi connectivity index (χ0) is 21.7. The number of carbonyl (C=O) groups is 1. The number of para-hydroxylation sites is 1. The van der Waals surface area contributed by atoms with Crippen molar-refractivity contribution in [1.82, 2.24) is 10.4 Å². The highest BCUT2D eigenvalue weighted by molar-refractivity contribution is 5.98. The monoisotopic (exact) mass is 417 g/mol. The molecule has 0 radical (unpaired) electrons. The zero-order valence-electron chi connectivity index (χ0n) is 17.8. The van der Waals surface area contributed by atoms with Gasteiger partial charge < -0.3 is 0 Å². The van der Waals surface area contributed by atoms with Crippen LogP contribution in [-0.4, -0.2) is 16.6 Å². The summed E-state index contributed by atoms with van der Waals surface area (Å²) in [6.45, 7) is 2.04. The largest absolute Gasteiger partial charge is 0.272 e. The molecule has 32 heavy (non-hydrogen) atoms. The summed E-state index contributed by atoms with van der Waals surface area (Å²) in [7, 11) is 0. The van der Waals surface area contributed by atoms with E-state index in [0.29, 0.717) is 11.5 Å². The van der Waals surface area contributed by atoms with Crippen molar-refractivity contribution in [1.29, 1.82) is 0 Å². The zero-order valence-corrected chi connectivity index (χ0v) is 17.8. The summed E-state index contributed by atoms with van der Waals surface area (Å²) in [5, 5.41) is 5.50. The van der Waals surface area contributed by atoms with E-state index in [0.717, 1.165) is 23.0 Å². The first-order valence-electron chi connectivity index (χ1n) is 11.1. The van der Waals surface area contributed by atoms with Gasteiger partial charge >= 0.3 is 0 Å². The SMILES string of the molecule is C/C(=N/NC(=O)c1cnc2ccccc2c1)[C@@H]1CC2c3ccccc3C1c1ccccc12. The van der Waals surface area contributed by atoms with Crippen LogP contribution < -0.4 is 5.43 Å². The highest BCUT2D eigenvalue weighted by Crippen LogP contribution is 2.55. The Morgan fingerprint density at radius 1 is 0.906 bits per heavy atom. The van der Waals surface area contributed by atoms with E-state index in [9.17, 15) is 4.79 Å². The molecule has 0 saturated carbocycles. The van der Waals surface area contributed by atoms with Crippen LogP contribution in [0.25, 0.3) is 10.9 Å². The van der Waals surface area contributed by atoms with Gasteiger partial charge in [-0.15, -0.1) is 0 Å². The van der Waals surface area contributed by atoms with Crippen molar-refractivity contribution < 1.29 is 4.79 Å². The van der Waals surface area contributed by atoms with Crippen molar-refractivity contribution in [3.63, 3.8) is 0 Å². The third-order valence-electron chi connectivity index (χ3n) is 7.03. The van der Waals surface area contributed by atoms with Gasteiger partial charge in [0.25, 0.3) is 5.91 Å². The minimum Gasteiger partial charge on any atom is -0.267 e. The van der Waals surface area contributed by atoms with Crippen LogP contribution in [0.2, 0.25) is 0 Å². The average Bonchev–Trinajstić information content (AvgIpc) is 2.86. The third-order valence-corrected chi connectivity index (χ3v) is 7.03. The molecule has 4 aromatic rings. The Balaban J connectivity index is 1.30. The van der Waals surface area contributed by atoms with Crippen LogP contribution in [0, 0.1) is 5.92 Å². The summed E-state index contributed by atoms with van der Waals surface area (Å²) in [5.41, 5.74) is 10.8. The number of aromatic nitrogens is 1. The molecular formula is C28H23N3O. The van der Waals surface area contributed by atoms with E-state index in [1.807, 2.05) is 37.3 Å². The number of amides is 1. The third kappa shape index (κ3) is 2.94. The number of carbonyl (C=O) groups excluding carboxylic acids is 1. The molecule has 1 amide bonds. The van der Waals surface area contributed by atoms with Crippen molar-refractivity contribution >= 4 is 22.5 Å². The lowest BCUT2D eigenvalue weighted by Gasteiger charge is -2.45. The normalized spacial score (nSPS) is 21.2. The second kappa shape index (κ2) is 7.41. The van der Waals surface area contributed by atoms with Gasteiger partial charge in [0.1, 0.15) is 0 Å². The Hall–Kier alpha value is -3.79. The van der Waals surface area contributed by atoms with Crippen LogP contribution >= 0.6 is 0 Å². The number of hydrogen-bond donors (Lipinski definition) is 1. The lowest BCUT2D eigenvalue weighted by atomic mass is 9.58. The fraction of sp³-hybridized carbons (Fsp3) is 0.179. The Bertz CT molecular complexity index is 1340. The van der Waals surface area contributed by atoms with Gasteiger partial charge in [0.2, 0.25) is 0 Å². The predicted octanol–water partition coefficient (Wildman–Crippen LogP) is 5.64. The van der Waals surface area contributed by atoms with E-state index < -0.39 is 0 Å². The van der Waals surface area contributed by atoms with Crippen LogP contribution in [-0.2, 0) is 0 Å². The van der Waals surface area contributed by atoms with Gasteiger partial charge in [-0.2, -0.15) is 5.10 Å². The van der Waals surface area contributed by atoms with Gasteiger partial charge in [0.05, 0.1) is 11.1 Å². The average molecular weight is 418 g/mol. The molecule has 1 atom stereocenters. The minimum atomic E-state index is -0.232. The highest BCUT2D eigenvalue weighted by Gasteiger charge is 2.44. The van der Waals surface area contributed by atoms with Crippen LogP contribution in [0.5, 0.6) is 0 Å². The summed E-state index contributed by atoms with van der Waals surface area (Å²) >= 11 is 0. The van der Waals surface area contributed by atoms with E-state index in [1.165, 1.54) is 22.3 Å². The quantitative estimate of drug-likeness (QED) is 0.347. The van der Waals surface area contributed by atoms with Crippen molar-refractivity contribution in [3.05, 3.63) is 113 Å². The fourth-order valence-corrected chi connectivity index (χ4v) is 5.53. The fourth-order valence-electron chi connectivity index (χ4n) is 5.53. The van der Waals surface area contributed by atoms with Crippen molar-refractivity contribution in [2.45, 2.75) is 25.2 Å². The maximum atomic E-state index is 12.8. The number of hydrogen-bond acceptors (Lipinski definition) is 3. The predicted molar refractivity (Wildman–Crippen MR) is 127 cm³/mol. The minimum absolute atomic E-state index is 0.232. The molecule has 3 aliphatic rings. The summed E-state index contributed by atoms with van der Waals surface area (Å²) in [5.74, 6) is 0.683. The van der Waals surface area contributed by atoms with Gasteiger partial charge in [0.15, 0.2) is 0 Å². The molecule has 4 nitrogen and oxygen atoms in total. The van der Waals surface area contributed by atoms with Crippen molar-refractivity contribution in [2.24, 2.45) is 11.0 Å². The molecular weight excluding hydrogens is 394 g/mol. The van der Waals surface area contributed by atoms with Crippen LogP contribution in [0.3, 0.4) is 0 Å². The molecule has 7 rings (SSSR count). The van der Waals surface area contributed by atoms with Gasteiger partial charge in [-0.3, -0.25) is 9.78 Å². The Labute approximate surface area is 187 Å². The van der Waals surface area contributed by atoms with Gasteiger partial charge in [-0.25, -0.2) is 5.43 Å². The molecule has 4 heteroatoms. The molecule has 2 bridgehead atoms. The number of rotatable bonds is 3. The summed E-state index contributed by atoms with van der Waals surface area (Å²) < 4.78 is 0. The highest BCUT2D eigenvalue weighted by atomic mass is 16.2. The second-order valence-corrected chi connectivity index (χ2v) is 8.74. The number of hydrazone groups is 1. The topological polar surface area (TPSA) is 54.4 Å². The number of nitrogens with zero attached hydrogens (tertiary/aromatic N) is 2. The molecule has 3 aromatic carbocycles. The van der Waals surface area contributed by atoms with Crippen LogP contribution in [0.15, 0.2) is 90.2 Å². The molecule has 156 valence electrons. The summed E-state index contributed by atoms with van der Waals surface area (Å²) in [6.07, 6.45) is 2.62. The first kappa shape index (κ1) is 18.9. The van der Waals surface area contributed by atoms with Gasteiger partial charge in [-0.05, 0) is 47.7 Å². The molecule has 1 heterocycles. The molecule has 0 aliphatic heterocycles. The smallest absolute Gasteiger partial charge is 0.267 e. The molecule has 0 unspecified atom stereocenters. The molecule has 0 spiro atoms. The van der Waals surface area contributed by atoms with Crippen LogP contribution in [0.1, 0.15) is 57.8 Å². The number of fused-ring (bicyclic) bond motifs is 2. The number of benzene rings is 3. The molecule has 0 saturated heterocycles. The first-order chi connectivity index (χ1) is 15.7.